The molecule has 0 aromatic heterocycles. The van der Waals surface area contributed by atoms with Crippen LogP contribution >= 0.6 is 0 Å². The molecule has 0 aliphatic rings. The first-order valence-electron chi connectivity index (χ1n) is 8.51. The van der Waals surface area contributed by atoms with Crippen LogP contribution in [-0.2, 0) is 20.8 Å². The van der Waals surface area contributed by atoms with Crippen LogP contribution in [-0.4, -0.2) is 36.0 Å². The second-order valence-corrected chi connectivity index (χ2v) is 6.01. The van der Waals surface area contributed by atoms with E-state index in [-0.39, 0.29) is 37.7 Å². The molecule has 0 saturated carbocycles. The van der Waals surface area contributed by atoms with Crippen molar-refractivity contribution in [2.75, 3.05) is 13.1 Å². The van der Waals surface area contributed by atoms with Crippen LogP contribution < -0.4 is 10.6 Å². The number of benzene rings is 2. The van der Waals surface area contributed by atoms with Crippen molar-refractivity contribution in [1.29, 1.82) is 0 Å². The van der Waals surface area contributed by atoms with E-state index in [0.29, 0.717) is 5.56 Å². The fourth-order valence-electron chi connectivity index (χ4n) is 2.51. The Hall–Kier alpha value is -3.22. The Bertz CT molecular complexity index is 778. The van der Waals surface area contributed by atoms with Crippen LogP contribution in [0.1, 0.15) is 23.5 Å². The molecule has 7 heteroatoms. The number of carbonyl (C=O) groups is 3. The topological polar surface area (TPSA) is 95.5 Å². The summed E-state index contributed by atoms with van der Waals surface area (Å²) in [6.45, 7) is 0.0452. The quantitative estimate of drug-likeness (QED) is 0.626. The molecule has 0 heterocycles. The number of aliphatic carboxylic acids is 1. The number of carboxylic acids is 1. The summed E-state index contributed by atoms with van der Waals surface area (Å²) in [6.07, 6.45) is 0.268. The molecule has 3 N–H and O–H groups in total. The van der Waals surface area contributed by atoms with Crippen molar-refractivity contribution in [3.8, 4) is 0 Å². The van der Waals surface area contributed by atoms with Gasteiger partial charge in [0.2, 0.25) is 11.8 Å². The van der Waals surface area contributed by atoms with E-state index >= 15 is 0 Å². The molecule has 0 bridgehead atoms. The minimum atomic E-state index is -1.11. The van der Waals surface area contributed by atoms with Crippen LogP contribution in [0.2, 0.25) is 0 Å². The van der Waals surface area contributed by atoms with Gasteiger partial charge in [0.15, 0.2) is 0 Å². The summed E-state index contributed by atoms with van der Waals surface area (Å²) < 4.78 is 13.0. The summed E-state index contributed by atoms with van der Waals surface area (Å²) in [6, 6.07) is 14.3. The van der Waals surface area contributed by atoms with Gasteiger partial charge >= 0.3 is 5.97 Å². The molecule has 142 valence electrons. The first-order valence-corrected chi connectivity index (χ1v) is 8.51. The maximum absolute atomic E-state index is 13.0. The van der Waals surface area contributed by atoms with Gasteiger partial charge in [0.05, 0.1) is 12.3 Å². The Morgan fingerprint density at radius 1 is 0.926 bits per heavy atom. The average molecular weight is 372 g/mol. The molecular formula is C20H21FN2O4. The molecule has 0 aliphatic carbocycles. The Kier molecular flexibility index (Phi) is 7.49. The van der Waals surface area contributed by atoms with E-state index in [4.69, 9.17) is 0 Å². The maximum atomic E-state index is 13.0. The average Bonchev–Trinajstić information content (AvgIpc) is 2.64. The molecule has 0 aliphatic heterocycles. The van der Waals surface area contributed by atoms with Gasteiger partial charge in [-0.05, 0) is 23.3 Å². The summed E-state index contributed by atoms with van der Waals surface area (Å²) in [5.41, 5.74) is 1.28. The predicted octanol–water partition coefficient (Wildman–Crippen LogP) is 1.86. The molecule has 2 aromatic rings. The Labute approximate surface area is 156 Å². The van der Waals surface area contributed by atoms with E-state index in [1.807, 2.05) is 30.3 Å². The Morgan fingerprint density at radius 2 is 1.59 bits per heavy atom. The van der Waals surface area contributed by atoms with Crippen molar-refractivity contribution in [2.24, 2.45) is 0 Å². The van der Waals surface area contributed by atoms with Crippen LogP contribution in [0.5, 0.6) is 0 Å². The normalized spacial score (nSPS) is 11.4. The zero-order valence-corrected chi connectivity index (χ0v) is 14.7. The van der Waals surface area contributed by atoms with Gasteiger partial charge in [-0.25, -0.2) is 4.39 Å². The number of amides is 2. The lowest BCUT2D eigenvalue weighted by Gasteiger charge is -2.14. The van der Waals surface area contributed by atoms with Gasteiger partial charge in [0.25, 0.3) is 0 Å². The van der Waals surface area contributed by atoms with Crippen molar-refractivity contribution in [3.63, 3.8) is 0 Å². The largest absolute Gasteiger partial charge is 0.481 e. The minimum Gasteiger partial charge on any atom is -0.481 e. The Balaban J connectivity index is 1.73. The van der Waals surface area contributed by atoms with Gasteiger partial charge in [-0.15, -0.1) is 0 Å². The number of nitrogens with one attached hydrogen (secondary N) is 2. The third-order valence-corrected chi connectivity index (χ3v) is 3.96. The van der Waals surface area contributed by atoms with Gasteiger partial charge in [-0.1, -0.05) is 42.5 Å². The highest BCUT2D eigenvalue weighted by Crippen LogP contribution is 2.16. The lowest BCUT2D eigenvalue weighted by atomic mass is 9.99. The fourth-order valence-corrected chi connectivity index (χ4v) is 2.51. The highest BCUT2D eigenvalue weighted by atomic mass is 19.1. The van der Waals surface area contributed by atoms with E-state index in [2.05, 4.69) is 10.6 Å². The van der Waals surface area contributed by atoms with E-state index in [1.165, 1.54) is 24.3 Å². The first kappa shape index (κ1) is 20.1. The van der Waals surface area contributed by atoms with Crippen LogP contribution in [0.15, 0.2) is 54.6 Å². The molecule has 0 saturated heterocycles. The maximum Gasteiger partial charge on any atom is 0.312 e. The third-order valence-electron chi connectivity index (χ3n) is 3.96. The molecule has 0 spiro atoms. The summed E-state index contributed by atoms with van der Waals surface area (Å²) in [4.78, 5) is 35.1. The monoisotopic (exact) mass is 372 g/mol. The lowest BCUT2D eigenvalue weighted by molar-refractivity contribution is -0.138. The van der Waals surface area contributed by atoms with Crippen molar-refractivity contribution in [2.45, 2.75) is 18.8 Å². The number of hydrogen-bond acceptors (Lipinski definition) is 3. The molecule has 27 heavy (non-hydrogen) atoms. The second-order valence-electron chi connectivity index (χ2n) is 6.01. The molecule has 2 amide bonds. The smallest absolute Gasteiger partial charge is 0.312 e. The van der Waals surface area contributed by atoms with Crippen molar-refractivity contribution >= 4 is 17.8 Å². The second kappa shape index (κ2) is 10.1. The molecule has 0 fully saturated rings. The molecule has 1 unspecified atom stereocenters. The number of hydrogen-bond donors (Lipinski definition) is 3. The standard InChI is InChI=1S/C20H21FN2O4/c21-16-8-6-15(7-9-16)17(20(26)27)13-23-18(24)10-11-22-19(25)12-14-4-2-1-3-5-14/h1-9,17H,10-13H2,(H,22,25)(H,23,24)(H,26,27). The summed E-state index contributed by atoms with van der Waals surface area (Å²) in [5.74, 6) is -3.11. The highest BCUT2D eigenvalue weighted by Gasteiger charge is 2.20. The molecule has 0 radical (unpaired) electrons. The predicted molar refractivity (Wildman–Crippen MR) is 97.6 cm³/mol. The minimum absolute atomic E-state index is 0.0380. The number of halogens is 1. The van der Waals surface area contributed by atoms with E-state index in [1.54, 1.807) is 0 Å². The first-order chi connectivity index (χ1) is 13.0. The van der Waals surface area contributed by atoms with Crippen molar-refractivity contribution < 1.29 is 23.9 Å². The van der Waals surface area contributed by atoms with Gasteiger partial charge < -0.3 is 15.7 Å². The summed E-state index contributed by atoms with van der Waals surface area (Å²) >= 11 is 0. The molecule has 2 rings (SSSR count). The molecule has 1 atom stereocenters. The zero-order valence-electron chi connectivity index (χ0n) is 14.7. The third kappa shape index (κ3) is 6.89. The van der Waals surface area contributed by atoms with Crippen molar-refractivity contribution in [1.82, 2.24) is 10.6 Å². The van der Waals surface area contributed by atoms with Gasteiger partial charge in [0, 0.05) is 19.5 Å². The van der Waals surface area contributed by atoms with Crippen LogP contribution in [0.25, 0.3) is 0 Å². The van der Waals surface area contributed by atoms with Crippen LogP contribution in [0.3, 0.4) is 0 Å². The zero-order chi connectivity index (χ0) is 19.6. The number of carboxylic acid groups (broad SMARTS) is 1. The SMILES string of the molecule is O=C(CCNC(=O)Cc1ccccc1)NCC(C(=O)O)c1ccc(F)cc1. The van der Waals surface area contributed by atoms with Gasteiger partial charge in [-0.3, -0.25) is 14.4 Å². The molecular weight excluding hydrogens is 351 g/mol. The molecule has 2 aromatic carbocycles. The Morgan fingerprint density at radius 3 is 2.22 bits per heavy atom. The lowest BCUT2D eigenvalue weighted by Crippen LogP contribution is -2.34. The van der Waals surface area contributed by atoms with Crippen LogP contribution in [0, 0.1) is 5.82 Å². The van der Waals surface area contributed by atoms with E-state index in [0.717, 1.165) is 5.56 Å². The van der Waals surface area contributed by atoms with E-state index < -0.39 is 17.7 Å². The van der Waals surface area contributed by atoms with Gasteiger partial charge in [-0.2, -0.15) is 0 Å². The van der Waals surface area contributed by atoms with Crippen molar-refractivity contribution in [3.05, 3.63) is 71.5 Å². The fraction of sp³-hybridized carbons (Fsp3) is 0.250. The van der Waals surface area contributed by atoms with Gasteiger partial charge in [0.1, 0.15) is 5.82 Å². The summed E-state index contributed by atoms with van der Waals surface area (Å²) in [5, 5.41) is 14.5. The summed E-state index contributed by atoms with van der Waals surface area (Å²) in [7, 11) is 0. The highest BCUT2D eigenvalue weighted by molar-refractivity contribution is 5.81. The van der Waals surface area contributed by atoms with E-state index in [9.17, 15) is 23.9 Å². The van der Waals surface area contributed by atoms with Crippen LogP contribution in [0.4, 0.5) is 4.39 Å². The molecule has 6 nitrogen and oxygen atoms in total. The number of carbonyl (C=O) groups excluding carboxylic acids is 2. The number of rotatable bonds is 9.